The second-order valence-electron chi connectivity index (χ2n) is 5.04. The summed E-state index contributed by atoms with van der Waals surface area (Å²) in [6.45, 7) is 0.0452. The predicted molar refractivity (Wildman–Crippen MR) is 97.8 cm³/mol. The lowest BCUT2D eigenvalue weighted by Gasteiger charge is -2.08. The third-order valence-electron chi connectivity index (χ3n) is 3.27. The average Bonchev–Trinajstić information content (AvgIpc) is 3.01. The summed E-state index contributed by atoms with van der Waals surface area (Å²) in [4.78, 5) is 11.0. The summed E-state index contributed by atoms with van der Waals surface area (Å²) < 4.78 is 19.2. The van der Waals surface area contributed by atoms with Crippen LogP contribution in [0.3, 0.4) is 0 Å². The zero-order valence-electron chi connectivity index (χ0n) is 12.9. The van der Waals surface area contributed by atoms with Crippen molar-refractivity contribution in [1.29, 1.82) is 0 Å². The molecule has 128 valence electrons. The van der Waals surface area contributed by atoms with Gasteiger partial charge in [-0.2, -0.15) is 5.10 Å². The van der Waals surface area contributed by atoms with E-state index in [2.05, 4.69) is 15.5 Å². The zero-order chi connectivity index (χ0) is 17.6. The average molecular weight is 378 g/mol. The first-order valence-corrected chi connectivity index (χ1v) is 8.67. The summed E-state index contributed by atoms with van der Waals surface area (Å²) >= 11 is 7.27. The molecule has 0 bridgehead atoms. The van der Waals surface area contributed by atoms with Crippen molar-refractivity contribution < 1.29 is 13.9 Å². The van der Waals surface area contributed by atoms with E-state index < -0.39 is 5.82 Å². The van der Waals surface area contributed by atoms with Crippen LogP contribution in [-0.2, 0) is 11.4 Å². The van der Waals surface area contributed by atoms with Crippen LogP contribution in [0.25, 0.3) is 0 Å². The number of carbonyl (C=O) groups is 1. The van der Waals surface area contributed by atoms with Crippen LogP contribution in [0.1, 0.15) is 11.1 Å². The van der Waals surface area contributed by atoms with Crippen LogP contribution in [0.5, 0.6) is 5.75 Å². The summed E-state index contributed by atoms with van der Waals surface area (Å²) in [5.41, 5.74) is 1.14. The number of amides is 1. The van der Waals surface area contributed by atoms with Crippen LogP contribution >= 0.6 is 23.4 Å². The molecule has 2 aromatic rings. The van der Waals surface area contributed by atoms with E-state index in [4.69, 9.17) is 16.3 Å². The van der Waals surface area contributed by atoms with Gasteiger partial charge >= 0.3 is 0 Å². The third-order valence-corrected chi connectivity index (χ3v) is 4.48. The topological polar surface area (TPSA) is 63.0 Å². The lowest BCUT2D eigenvalue weighted by Crippen LogP contribution is -2.19. The highest BCUT2D eigenvalue weighted by Crippen LogP contribution is 2.21. The molecule has 1 fully saturated rings. The number of benzene rings is 2. The Morgan fingerprint density at radius 1 is 1.28 bits per heavy atom. The lowest BCUT2D eigenvalue weighted by atomic mass is 10.2. The number of halogens is 2. The second kappa shape index (κ2) is 8.13. The Bertz CT molecular complexity index is 820. The van der Waals surface area contributed by atoms with Gasteiger partial charge in [-0.25, -0.2) is 4.39 Å². The normalized spacial score (nSPS) is 15.8. The molecular formula is C17H13ClFN3O2S. The number of amidine groups is 1. The molecule has 1 amide bonds. The van der Waals surface area contributed by atoms with Crippen molar-refractivity contribution in [2.45, 2.75) is 6.61 Å². The molecule has 0 atom stereocenters. The quantitative estimate of drug-likeness (QED) is 0.639. The number of thioether (sulfide) groups is 1. The second-order valence-corrected chi connectivity index (χ2v) is 6.42. The smallest absolute Gasteiger partial charge is 0.236 e. The molecule has 5 nitrogen and oxygen atoms in total. The SMILES string of the molecule is O=C1CS/C(=N\N=C/c2ccc(OCc3c(F)cccc3Cl)cc2)N1. The molecular weight excluding hydrogens is 365 g/mol. The van der Waals surface area contributed by atoms with E-state index >= 15 is 0 Å². The Labute approximate surface area is 152 Å². The van der Waals surface area contributed by atoms with Crippen LogP contribution in [-0.4, -0.2) is 23.0 Å². The number of nitrogens with one attached hydrogen (secondary N) is 1. The van der Waals surface area contributed by atoms with Crippen molar-refractivity contribution in [3.63, 3.8) is 0 Å². The molecule has 1 saturated heterocycles. The molecule has 1 aliphatic heterocycles. The summed E-state index contributed by atoms with van der Waals surface area (Å²) in [5.74, 6) is 0.482. The van der Waals surface area contributed by atoms with Gasteiger partial charge in [0, 0.05) is 5.56 Å². The van der Waals surface area contributed by atoms with Gasteiger partial charge in [0.2, 0.25) is 5.91 Å². The van der Waals surface area contributed by atoms with Gasteiger partial charge in [0.15, 0.2) is 5.17 Å². The highest BCUT2D eigenvalue weighted by Gasteiger charge is 2.15. The fraction of sp³-hybridized carbons (Fsp3) is 0.118. The molecule has 2 aromatic carbocycles. The van der Waals surface area contributed by atoms with Crippen LogP contribution in [0.15, 0.2) is 52.7 Å². The van der Waals surface area contributed by atoms with Gasteiger partial charge in [-0.05, 0) is 42.0 Å². The summed E-state index contributed by atoms with van der Waals surface area (Å²) in [5, 5.41) is 11.3. The first kappa shape index (κ1) is 17.4. The van der Waals surface area contributed by atoms with Crippen molar-refractivity contribution >= 4 is 40.7 Å². The molecule has 1 aliphatic rings. The highest BCUT2D eigenvalue weighted by atomic mass is 35.5. The van der Waals surface area contributed by atoms with E-state index in [0.717, 1.165) is 5.56 Å². The van der Waals surface area contributed by atoms with Gasteiger partial charge < -0.3 is 10.1 Å². The molecule has 0 spiro atoms. The number of nitrogens with zero attached hydrogens (tertiary/aromatic N) is 2. The standard InChI is InChI=1S/C17H13ClFN3O2S/c18-14-2-1-3-15(19)13(14)9-24-12-6-4-11(5-7-12)8-20-22-17-21-16(23)10-25-17/h1-8H,9-10H2,(H,21,22,23)/b20-8-. The predicted octanol–water partition coefficient (Wildman–Crippen LogP) is 3.61. The van der Waals surface area contributed by atoms with E-state index in [9.17, 15) is 9.18 Å². The van der Waals surface area contributed by atoms with Gasteiger partial charge in [0.1, 0.15) is 18.2 Å². The molecule has 0 aromatic heterocycles. The number of ether oxygens (including phenoxy) is 1. The molecule has 0 unspecified atom stereocenters. The van der Waals surface area contributed by atoms with E-state index in [1.165, 1.54) is 17.8 Å². The Balaban J connectivity index is 1.58. The Hall–Kier alpha value is -2.38. The fourth-order valence-electron chi connectivity index (χ4n) is 2.00. The number of hydrogen-bond acceptors (Lipinski definition) is 5. The van der Waals surface area contributed by atoms with Gasteiger partial charge in [0.25, 0.3) is 0 Å². The van der Waals surface area contributed by atoms with E-state index in [-0.39, 0.29) is 12.5 Å². The molecule has 25 heavy (non-hydrogen) atoms. The zero-order valence-corrected chi connectivity index (χ0v) is 14.5. The summed E-state index contributed by atoms with van der Waals surface area (Å²) in [6, 6.07) is 11.6. The van der Waals surface area contributed by atoms with E-state index in [1.54, 1.807) is 42.6 Å². The maximum absolute atomic E-state index is 13.7. The minimum absolute atomic E-state index is 0.0452. The monoisotopic (exact) mass is 377 g/mol. The van der Waals surface area contributed by atoms with E-state index in [0.29, 0.717) is 27.3 Å². The van der Waals surface area contributed by atoms with Gasteiger partial charge in [-0.1, -0.05) is 29.4 Å². The molecule has 3 rings (SSSR count). The minimum atomic E-state index is -0.396. The Morgan fingerprint density at radius 3 is 2.76 bits per heavy atom. The molecule has 1 N–H and O–H groups in total. The highest BCUT2D eigenvalue weighted by molar-refractivity contribution is 8.15. The summed E-state index contributed by atoms with van der Waals surface area (Å²) in [7, 11) is 0. The van der Waals surface area contributed by atoms with Gasteiger partial charge in [-0.15, -0.1) is 5.10 Å². The molecule has 0 saturated carbocycles. The van der Waals surface area contributed by atoms with Crippen molar-refractivity contribution in [1.82, 2.24) is 5.32 Å². The number of rotatable bonds is 5. The number of hydrogen-bond donors (Lipinski definition) is 1. The Kier molecular flexibility index (Phi) is 5.67. The van der Waals surface area contributed by atoms with Crippen LogP contribution in [0, 0.1) is 5.82 Å². The van der Waals surface area contributed by atoms with Crippen LogP contribution in [0.2, 0.25) is 5.02 Å². The van der Waals surface area contributed by atoms with Crippen molar-refractivity contribution in [3.8, 4) is 5.75 Å². The lowest BCUT2D eigenvalue weighted by molar-refractivity contribution is -0.116. The largest absolute Gasteiger partial charge is 0.489 e. The molecule has 0 radical (unpaired) electrons. The maximum atomic E-state index is 13.7. The molecule has 8 heteroatoms. The van der Waals surface area contributed by atoms with Gasteiger partial charge in [0.05, 0.1) is 17.0 Å². The summed E-state index contributed by atoms with van der Waals surface area (Å²) in [6.07, 6.45) is 1.57. The van der Waals surface area contributed by atoms with Crippen molar-refractivity contribution in [2.24, 2.45) is 10.2 Å². The Morgan fingerprint density at radius 2 is 2.08 bits per heavy atom. The maximum Gasteiger partial charge on any atom is 0.236 e. The van der Waals surface area contributed by atoms with E-state index in [1.807, 2.05) is 0 Å². The van der Waals surface area contributed by atoms with Crippen LogP contribution in [0.4, 0.5) is 4.39 Å². The van der Waals surface area contributed by atoms with Crippen molar-refractivity contribution in [2.75, 3.05) is 5.75 Å². The first-order valence-electron chi connectivity index (χ1n) is 7.31. The molecule has 1 heterocycles. The van der Waals surface area contributed by atoms with Crippen molar-refractivity contribution in [3.05, 3.63) is 64.4 Å². The third kappa shape index (κ3) is 4.80. The van der Waals surface area contributed by atoms with Crippen LogP contribution < -0.4 is 10.1 Å². The minimum Gasteiger partial charge on any atom is -0.489 e. The first-order chi connectivity index (χ1) is 12.1. The number of carbonyl (C=O) groups excluding carboxylic acids is 1. The fourth-order valence-corrected chi connectivity index (χ4v) is 2.85. The molecule has 0 aliphatic carbocycles. The van der Waals surface area contributed by atoms with Gasteiger partial charge in [-0.3, -0.25) is 4.79 Å².